The molecule has 0 aliphatic carbocycles. The average molecular weight is 249 g/mol. The van der Waals surface area contributed by atoms with Crippen LogP contribution in [-0.4, -0.2) is 11.1 Å². The third kappa shape index (κ3) is 4.59. The fourth-order valence-corrected chi connectivity index (χ4v) is 2.59. The lowest BCUT2D eigenvalue weighted by Crippen LogP contribution is -1.97. The quantitative estimate of drug-likeness (QED) is 0.688. The second-order valence-corrected chi connectivity index (χ2v) is 5.47. The molecule has 1 atom stereocenters. The maximum Gasteiger partial charge on any atom is 0.0406 e. The van der Waals surface area contributed by atoms with Gasteiger partial charge >= 0.3 is 0 Å². The molecule has 1 aromatic rings. The highest BCUT2D eigenvalue weighted by molar-refractivity contribution is 7.99. The van der Waals surface area contributed by atoms with Gasteiger partial charge < -0.3 is 0 Å². The van der Waals surface area contributed by atoms with Crippen LogP contribution in [0.15, 0.2) is 24.3 Å². The number of benzene rings is 1. The molecular weight excluding hydrogens is 235 g/mol. The number of halogens is 2. The van der Waals surface area contributed by atoms with Gasteiger partial charge in [-0.05, 0) is 24.1 Å². The monoisotopic (exact) mass is 248 g/mol. The summed E-state index contributed by atoms with van der Waals surface area (Å²) >= 11 is 13.4. The van der Waals surface area contributed by atoms with Crippen molar-refractivity contribution in [1.29, 1.82) is 0 Å². The third-order valence-electron chi connectivity index (χ3n) is 1.96. The number of alkyl halides is 1. The van der Waals surface area contributed by atoms with Gasteiger partial charge in [0.25, 0.3) is 0 Å². The summed E-state index contributed by atoms with van der Waals surface area (Å²) in [5, 5.41) is 1.43. The Hall–Kier alpha value is 0.150. The fourth-order valence-electron chi connectivity index (χ4n) is 1.06. The Morgan fingerprint density at radius 2 is 1.93 bits per heavy atom. The molecule has 78 valence electrons. The molecule has 0 nitrogen and oxygen atoms in total. The van der Waals surface area contributed by atoms with E-state index >= 15 is 0 Å². The Kier molecular flexibility index (Phi) is 5.76. The van der Waals surface area contributed by atoms with Gasteiger partial charge in [-0.15, -0.1) is 11.6 Å². The summed E-state index contributed by atoms with van der Waals surface area (Å²) in [6.45, 7) is 2.21. The molecule has 0 amide bonds. The van der Waals surface area contributed by atoms with E-state index in [-0.39, 0.29) is 0 Å². The summed E-state index contributed by atoms with van der Waals surface area (Å²) in [7, 11) is 0. The van der Waals surface area contributed by atoms with E-state index in [0.29, 0.717) is 5.25 Å². The molecule has 1 rings (SSSR count). The molecule has 0 radical (unpaired) electrons. The lowest BCUT2D eigenvalue weighted by Gasteiger charge is -2.08. The second kappa shape index (κ2) is 6.60. The van der Waals surface area contributed by atoms with Gasteiger partial charge in [0.1, 0.15) is 0 Å². The molecule has 0 aliphatic heterocycles. The molecule has 0 aromatic heterocycles. The summed E-state index contributed by atoms with van der Waals surface area (Å²) in [4.78, 5) is 0. The van der Waals surface area contributed by atoms with E-state index in [1.807, 2.05) is 23.9 Å². The van der Waals surface area contributed by atoms with E-state index < -0.39 is 0 Å². The van der Waals surface area contributed by atoms with Gasteiger partial charge in [-0.2, -0.15) is 11.8 Å². The zero-order valence-electron chi connectivity index (χ0n) is 8.17. The Morgan fingerprint density at radius 3 is 2.50 bits per heavy atom. The fraction of sp³-hybridized carbons (Fsp3) is 0.455. The van der Waals surface area contributed by atoms with Gasteiger partial charge in [-0.1, -0.05) is 30.7 Å². The Bertz CT molecular complexity index is 258. The minimum atomic E-state index is 0.628. The average Bonchev–Trinajstić information content (AvgIpc) is 2.17. The molecule has 0 N–H and O–H groups in total. The minimum Gasteiger partial charge on any atom is -0.154 e. The largest absolute Gasteiger partial charge is 0.154 e. The van der Waals surface area contributed by atoms with Crippen molar-refractivity contribution < 1.29 is 0 Å². The lowest BCUT2D eigenvalue weighted by atomic mass is 10.2. The van der Waals surface area contributed by atoms with Crippen molar-refractivity contribution >= 4 is 35.0 Å². The first-order valence-corrected chi connectivity index (χ1v) is 6.60. The van der Waals surface area contributed by atoms with Crippen LogP contribution >= 0.6 is 35.0 Å². The van der Waals surface area contributed by atoms with Crippen molar-refractivity contribution in [2.45, 2.75) is 24.3 Å². The van der Waals surface area contributed by atoms with Crippen LogP contribution in [0.3, 0.4) is 0 Å². The van der Waals surface area contributed by atoms with Crippen LogP contribution < -0.4 is 0 Å². The second-order valence-electron chi connectivity index (χ2n) is 3.23. The summed E-state index contributed by atoms with van der Waals surface area (Å²) in [5.41, 5.74) is 1.32. The Morgan fingerprint density at radius 1 is 1.29 bits per heavy atom. The van der Waals surface area contributed by atoms with Crippen LogP contribution in [0.25, 0.3) is 0 Å². The van der Waals surface area contributed by atoms with Crippen LogP contribution in [0.4, 0.5) is 0 Å². The Labute approximate surface area is 100.0 Å². The predicted octanol–water partition coefficient (Wildman–Crippen LogP) is 4.59. The maximum atomic E-state index is 5.80. The van der Waals surface area contributed by atoms with Crippen molar-refractivity contribution in [2.24, 2.45) is 0 Å². The molecular formula is C11H14Cl2S. The summed E-state index contributed by atoms with van der Waals surface area (Å²) in [6.07, 6.45) is 1.07. The first-order chi connectivity index (χ1) is 6.72. The van der Waals surface area contributed by atoms with Crippen LogP contribution in [0, 0.1) is 0 Å². The highest BCUT2D eigenvalue weighted by atomic mass is 35.5. The van der Waals surface area contributed by atoms with E-state index in [2.05, 4.69) is 19.1 Å². The van der Waals surface area contributed by atoms with Crippen molar-refractivity contribution in [3.05, 3.63) is 34.9 Å². The molecule has 1 unspecified atom stereocenters. The van der Waals surface area contributed by atoms with E-state index in [1.54, 1.807) is 0 Å². The number of hydrogen-bond donors (Lipinski definition) is 0. The summed E-state index contributed by atoms with van der Waals surface area (Å²) in [6, 6.07) is 8.01. The first-order valence-electron chi connectivity index (χ1n) is 4.64. The van der Waals surface area contributed by atoms with E-state index in [9.17, 15) is 0 Å². The van der Waals surface area contributed by atoms with Crippen molar-refractivity contribution in [3.8, 4) is 0 Å². The van der Waals surface area contributed by atoms with Gasteiger partial charge in [-0.3, -0.25) is 0 Å². The van der Waals surface area contributed by atoms with Gasteiger partial charge in [-0.25, -0.2) is 0 Å². The molecule has 3 heteroatoms. The van der Waals surface area contributed by atoms with Gasteiger partial charge in [0.05, 0.1) is 0 Å². The molecule has 0 saturated carbocycles. The van der Waals surface area contributed by atoms with Gasteiger partial charge in [0.2, 0.25) is 0 Å². The summed E-state index contributed by atoms with van der Waals surface area (Å²) in [5.74, 6) is 1.78. The highest BCUT2D eigenvalue weighted by Gasteiger charge is 2.01. The van der Waals surface area contributed by atoms with Crippen LogP contribution in [0.2, 0.25) is 5.02 Å². The molecule has 0 heterocycles. The van der Waals surface area contributed by atoms with E-state index in [1.165, 1.54) is 5.56 Å². The minimum absolute atomic E-state index is 0.628. The predicted molar refractivity (Wildman–Crippen MR) is 67.5 cm³/mol. The lowest BCUT2D eigenvalue weighted by molar-refractivity contribution is 0.912. The third-order valence-corrected chi connectivity index (χ3v) is 3.74. The SMILES string of the molecule is CC(CCCl)SCc1ccc(Cl)cc1. The molecule has 14 heavy (non-hydrogen) atoms. The molecule has 0 spiro atoms. The number of thioether (sulfide) groups is 1. The van der Waals surface area contributed by atoms with Gasteiger partial charge in [0, 0.05) is 21.9 Å². The molecule has 0 bridgehead atoms. The first kappa shape index (κ1) is 12.2. The number of hydrogen-bond acceptors (Lipinski definition) is 1. The van der Waals surface area contributed by atoms with Gasteiger partial charge in [0.15, 0.2) is 0 Å². The van der Waals surface area contributed by atoms with Crippen molar-refractivity contribution in [2.75, 3.05) is 5.88 Å². The number of rotatable bonds is 5. The topological polar surface area (TPSA) is 0 Å². The van der Waals surface area contributed by atoms with E-state index in [0.717, 1.165) is 23.1 Å². The maximum absolute atomic E-state index is 5.80. The highest BCUT2D eigenvalue weighted by Crippen LogP contribution is 2.21. The standard InChI is InChI=1S/C11H14Cl2S/c1-9(6-7-12)14-8-10-2-4-11(13)5-3-10/h2-5,9H,6-8H2,1H3. The van der Waals surface area contributed by atoms with Crippen molar-refractivity contribution in [3.63, 3.8) is 0 Å². The zero-order valence-corrected chi connectivity index (χ0v) is 10.5. The van der Waals surface area contributed by atoms with Crippen LogP contribution in [0.1, 0.15) is 18.9 Å². The zero-order chi connectivity index (χ0) is 10.4. The van der Waals surface area contributed by atoms with Crippen molar-refractivity contribution in [1.82, 2.24) is 0 Å². The summed E-state index contributed by atoms with van der Waals surface area (Å²) < 4.78 is 0. The molecule has 1 aromatic carbocycles. The Balaban J connectivity index is 2.34. The molecule has 0 saturated heterocycles. The normalized spacial score (nSPS) is 12.8. The molecule has 0 fully saturated rings. The smallest absolute Gasteiger partial charge is 0.0406 e. The van der Waals surface area contributed by atoms with Crippen LogP contribution in [-0.2, 0) is 5.75 Å². The van der Waals surface area contributed by atoms with E-state index in [4.69, 9.17) is 23.2 Å². The molecule has 0 aliphatic rings. The van der Waals surface area contributed by atoms with Crippen LogP contribution in [0.5, 0.6) is 0 Å².